The van der Waals surface area contributed by atoms with Crippen molar-refractivity contribution in [3.63, 3.8) is 0 Å². The summed E-state index contributed by atoms with van der Waals surface area (Å²) >= 11 is 0. The van der Waals surface area contributed by atoms with Crippen LogP contribution in [0.5, 0.6) is 0 Å². The minimum Gasteiger partial charge on any atom is -0.399 e. The number of carbonyl (C=O) groups excluding carboxylic acids is 1. The summed E-state index contributed by atoms with van der Waals surface area (Å²) in [5.74, 6) is -0.248. The van der Waals surface area contributed by atoms with Gasteiger partial charge in [-0.15, -0.1) is 0 Å². The second-order valence-electron chi connectivity index (χ2n) is 5.52. The number of aliphatic hydroxyl groups is 1. The summed E-state index contributed by atoms with van der Waals surface area (Å²) in [6.07, 6.45) is -0.652. The molecule has 0 aliphatic carbocycles. The van der Waals surface area contributed by atoms with E-state index >= 15 is 0 Å². The van der Waals surface area contributed by atoms with Gasteiger partial charge in [-0.05, 0) is 39.0 Å². The third kappa shape index (κ3) is 3.61. The molecule has 0 aliphatic rings. The molecule has 1 amide bonds. The summed E-state index contributed by atoms with van der Waals surface area (Å²) in [6.45, 7) is 5.20. The highest BCUT2D eigenvalue weighted by molar-refractivity contribution is 6.01. The van der Waals surface area contributed by atoms with Crippen LogP contribution in [0.25, 0.3) is 0 Å². The number of rotatable bonds is 4. The highest BCUT2D eigenvalue weighted by atomic mass is 16.3. The molecule has 0 aromatic heterocycles. The second kappa shape index (κ2) is 5.48. The van der Waals surface area contributed by atoms with Gasteiger partial charge in [-0.25, -0.2) is 0 Å². The first-order chi connectivity index (χ1) is 8.65. The second-order valence-corrected chi connectivity index (χ2v) is 5.52. The van der Waals surface area contributed by atoms with E-state index < -0.39 is 11.6 Å². The van der Waals surface area contributed by atoms with Gasteiger partial charge >= 0.3 is 0 Å². The van der Waals surface area contributed by atoms with Crippen LogP contribution in [0, 0.1) is 0 Å². The number of aliphatic hydroxyl groups excluding tert-OH is 1. The van der Waals surface area contributed by atoms with Gasteiger partial charge in [-0.3, -0.25) is 4.79 Å². The van der Waals surface area contributed by atoms with E-state index in [1.807, 2.05) is 19.0 Å². The number of hydrogen-bond donors (Lipinski definition) is 3. The Hall–Kier alpha value is -1.75. The lowest BCUT2D eigenvalue weighted by Gasteiger charge is -2.30. The van der Waals surface area contributed by atoms with Crippen LogP contribution >= 0.6 is 0 Å². The Labute approximate surface area is 114 Å². The summed E-state index contributed by atoms with van der Waals surface area (Å²) < 4.78 is 0. The molecule has 5 nitrogen and oxygen atoms in total. The number of nitrogens with zero attached hydrogens (tertiary/aromatic N) is 1. The monoisotopic (exact) mass is 265 g/mol. The van der Waals surface area contributed by atoms with Gasteiger partial charge in [0.2, 0.25) is 0 Å². The van der Waals surface area contributed by atoms with Gasteiger partial charge in [0, 0.05) is 25.5 Å². The summed E-state index contributed by atoms with van der Waals surface area (Å²) in [5.41, 5.74) is 6.86. The van der Waals surface area contributed by atoms with E-state index in [4.69, 9.17) is 5.73 Å². The number of nitrogen functional groups attached to an aromatic ring is 1. The van der Waals surface area contributed by atoms with E-state index in [2.05, 4.69) is 5.32 Å². The topological polar surface area (TPSA) is 78.6 Å². The molecule has 0 aliphatic heterocycles. The maximum absolute atomic E-state index is 12.3. The van der Waals surface area contributed by atoms with Crippen LogP contribution in [0.3, 0.4) is 0 Å². The molecule has 0 heterocycles. The van der Waals surface area contributed by atoms with Crippen LogP contribution in [-0.4, -0.2) is 36.8 Å². The average Bonchev–Trinajstić information content (AvgIpc) is 2.27. The van der Waals surface area contributed by atoms with E-state index in [0.29, 0.717) is 11.3 Å². The lowest BCUT2D eigenvalue weighted by atomic mass is 9.97. The fraction of sp³-hybridized carbons (Fsp3) is 0.500. The van der Waals surface area contributed by atoms with Crippen molar-refractivity contribution in [2.45, 2.75) is 32.4 Å². The SMILES string of the molecule is CC(O)C(C)(C)NC(=O)c1cc(N)ccc1N(C)C. The molecule has 0 radical (unpaired) electrons. The number of anilines is 2. The average molecular weight is 265 g/mol. The quantitative estimate of drug-likeness (QED) is 0.715. The van der Waals surface area contributed by atoms with Crippen molar-refractivity contribution < 1.29 is 9.90 Å². The zero-order valence-electron chi connectivity index (χ0n) is 12.2. The molecular weight excluding hydrogens is 242 g/mol. The van der Waals surface area contributed by atoms with E-state index in [1.165, 1.54) is 0 Å². The first-order valence-electron chi connectivity index (χ1n) is 6.22. The molecule has 1 aromatic carbocycles. The summed E-state index contributed by atoms with van der Waals surface area (Å²) in [7, 11) is 3.73. The minimum absolute atomic E-state index is 0.248. The molecule has 4 N–H and O–H groups in total. The Morgan fingerprint density at radius 2 is 2.00 bits per heavy atom. The van der Waals surface area contributed by atoms with Gasteiger partial charge < -0.3 is 21.1 Å². The van der Waals surface area contributed by atoms with E-state index in [0.717, 1.165) is 5.69 Å². The molecule has 0 spiro atoms. The van der Waals surface area contributed by atoms with Crippen molar-refractivity contribution in [2.24, 2.45) is 0 Å². The molecule has 106 valence electrons. The Balaban J connectivity index is 3.09. The van der Waals surface area contributed by atoms with E-state index in [1.54, 1.807) is 39.0 Å². The predicted octanol–water partition coefficient (Wildman–Crippen LogP) is 1.22. The summed E-state index contributed by atoms with van der Waals surface area (Å²) in [4.78, 5) is 14.2. The van der Waals surface area contributed by atoms with Gasteiger partial charge in [0.25, 0.3) is 5.91 Å². The van der Waals surface area contributed by atoms with Crippen LogP contribution in [0.4, 0.5) is 11.4 Å². The molecule has 1 aromatic rings. The van der Waals surface area contributed by atoms with E-state index in [-0.39, 0.29) is 5.91 Å². The molecule has 1 atom stereocenters. The third-order valence-electron chi connectivity index (χ3n) is 3.23. The molecule has 0 saturated heterocycles. The molecule has 0 fully saturated rings. The number of amides is 1. The number of hydrogen-bond acceptors (Lipinski definition) is 4. The van der Waals surface area contributed by atoms with Crippen LogP contribution in [0.1, 0.15) is 31.1 Å². The first kappa shape index (κ1) is 15.3. The van der Waals surface area contributed by atoms with Crippen LogP contribution < -0.4 is 16.0 Å². The van der Waals surface area contributed by atoms with Crippen LogP contribution in [0.15, 0.2) is 18.2 Å². The summed E-state index contributed by atoms with van der Waals surface area (Å²) in [5, 5.41) is 12.5. The normalized spacial score (nSPS) is 12.9. The van der Waals surface area contributed by atoms with Crippen molar-refractivity contribution in [3.8, 4) is 0 Å². The predicted molar refractivity (Wildman–Crippen MR) is 78.4 cm³/mol. The molecule has 1 rings (SSSR count). The minimum atomic E-state index is -0.703. The molecule has 1 unspecified atom stereocenters. The standard InChI is InChI=1S/C14H23N3O2/c1-9(18)14(2,3)16-13(19)11-8-10(15)6-7-12(11)17(4)5/h6-9,18H,15H2,1-5H3,(H,16,19). The molecular formula is C14H23N3O2. The summed E-state index contributed by atoms with van der Waals surface area (Å²) in [6, 6.07) is 5.20. The maximum atomic E-state index is 12.3. The smallest absolute Gasteiger partial charge is 0.253 e. The van der Waals surface area contributed by atoms with Gasteiger partial charge in [0.1, 0.15) is 0 Å². The zero-order valence-corrected chi connectivity index (χ0v) is 12.2. The molecule has 19 heavy (non-hydrogen) atoms. The molecule has 0 bridgehead atoms. The van der Waals surface area contributed by atoms with Crippen LogP contribution in [-0.2, 0) is 0 Å². The maximum Gasteiger partial charge on any atom is 0.253 e. The molecule has 5 heteroatoms. The Morgan fingerprint density at radius 3 is 2.47 bits per heavy atom. The largest absolute Gasteiger partial charge is 0.399 e. The third-order valence-corrected chi connectivity index (χ3v) is 3.23. The highest BCUT2D eigenvalue weighted by Crippen LogP contribution is 2.22. The number of benzene rings is 1. The number of nitrogens with one attached hydrogen (secondary N) is 1. The fourth-order valence-corrected chi connectivity index (χ4v) is 1.59. The van der Waals surface area contributed by atoms with Crippen LogP contribution in [0.2, 0.25) is 0 Å². The van der Waals surface area contributed by atoms with E-state index in [9.17, 15) is 9.90 Å². The number of carbonyl (C=O) groups is 1. The van der Waals surface area contributed by atoms with Gasteiger partial charge in [0.05, 0.1) is 17.2 Å². The first-order valence-corrected chi connectivity index (χ1v) is 6.22. The van der Waals surface area contributed by atoms with Crippen molar-refractivity contribution in [1.82, 2.24) is 5.32 Å². The lowest BCUT2D eigenvalue weighted by molar-refractivity contribution is 0.0710. The number of nitrogens with two attached hydrogens (primary N) is 1. The fourth-order valence-electron chi connectivity index (χ4n) is 1.59. The Kier molecular flexibility index (Phi) is 4.42. The highest BCUT2D eigenvalue weighted by Gasteiger charge is 2.27. The van der Waals surface area contributed by atoms with Gasteiger partial charge in [-0.2, -0.15) is 0 Å². The Bertz CT molecular complexity index is 468. The van der Waals surface area contributed by atoms with Gasteiger partial charge in [-0.1, -0.05) is 0 Å². The van der Waals surface area contributed by atoms with Gasteiger partial charge in [0.15, 0.2) is 0 Å². The van der Waals surface area contributed by atoms with Crippen molar-refractivity contribution in [3.05, 3.63) is 23.8 Å². The van der Waals surface area contributed by atoms with Crippen molar-refractivity contribution in [1.29, 1.82) is 0 Å². The molecule has 0 saturated carbocycles. The Morgan fingerprint density at radius 1 is 1.42 bits per heavy atom. The zero-order chi connectivity index (χ0) is 14.8. The van der Waals surface area contributed by atoms with Crippen molar-refractivity contribution >= 4 is 17.3 Å². The van der Waals surface area contributed by atoms with Crippen molar-refractivity contribution in [2.75, 3.05) is 24.7 Å². The lowest BCUT2D eigenvalue weighted by Crippen LogP contribution is -2.51.